The molecule has 18 heavy (non-hydrogen) atoms. The zero-order valence-electron chi connectivity index (χ0n) is 9.92. The molecule has 2 fully saturated rings. The molecule has 98 valence electrons. The van der Waals surface area contributed by atoms with Crippen molar-refractivity contribution in [3.05, 3.63) is 18.0 Å². The van der Waals surface area contributed by atoms with Gasteiger partial charge >= 0.3 is 0 Å². The number of carbonyl (C=O) groups excluding carboxylic acids is 1. The van der Waals surface area contributed by atoms with Gasteiger partial charge in [0.25, 0.3) is 0 Å². The molecule has 1 aromatic heterocycles. The van der Waals surface area contributed by atoms with Crippen molar-refractivity contribution in [2.24, 2.45) is 17.3 Å². The molecule has 0 aromatic carbocycles. The summed E-state index contributed by atoms with van der Waals surface area (Å²) in [6, 6.07) is 1.47. The second kappa shape index (κ2) is 3.57. The summed E-state index contributed by atoms with van der Waals surface area (Å²) in [6.07, 6.45) is 2.92. The zero-order valence-corrected chi connectivity index (χ0v) is 10.7. The molecule has 0 bridgehead atoms. The number of rotatable bonds is 4. The SMILES string of the molecule is C[C@@H]1C[C@@]2(C(=O)NS(=O)(=O)Cc3ccon3)C[C@@H]12. The average Bonchev–Trinajstić information content (AvgIpc) is 2.63. The molecule has 0 unspecified atom stereocenters. The summed E-state index contributed by atoms with van der Waals surface area (Å²) in [5.41, 5.74) is -0.0989. The van der Waals surface area contributed by atoms with E-state index in [1.807, 2.05) is 0 Å². The first-order valence-electron chi connectivity index (χ1n) is 5.87. The van der Waals surface area contributed by atoms with E-state index in [-0.39, 0.29) is 11.7 Å². The van der Waals surface area contributed by atoms with Crippen LogP contribution in [-0.4, -0.2) is 19.5 Å². The third-order valence-corrected chi connectivity index (χ3v) is 5.21. The highest BCUT2D eigenvalue weighted by atomic mass is 32.2. The van der Waals surface area contributed by atoms with Crippen molar-refractivity contribution in [1.82, 2.24) is 9.88 Å². The van der Waals surface area contributed by atoms with Gasteiger partial charge in [-0.2, -0.15) is 0 Å². The van der Waals surface area contributed by atoms with Gasteiger partial charge in [0.05, 0.1) is 5.41 Å². The molecule has 0 radical (unpaired) electrons. The first kappa shape index (κ1) is 11.7. The molecule has 1 N–H and O–H groups in total. The van der Waals surface area contributed by atoms with E-state index in [0.717, 1.165) is 12.8 Å². The maximum absolute atomic E-state index is 11.9. The van der Waals surface area contributed by atoms with Crippen LogP contribution < -0.4 is 4.72 Å². The number of hydrogen-bond acceptors (Lipinski definition) is 5. The minimum absolute atomic E-state index is 0.294. The van der Waals surface area contributed by atoms with Crippen molar-refractivity contribution in [1.29, 1.82) is 0 Å². The molecule has 1 amide bonds. The van der Waals surface area contributed by atoms with Crippen molar-refractivity contribution in [3.8, 4) is 0 Å². The highest BCUT2D eigenvalue weighted by Gasteiger charge is 2.70. The van der Waals surface area contributed by atoms with Gasteiger partial charge in [-0.25, -0.2) is 8.42 Å². The number of nitrogens with one attached hydrogen (secondary N) is 1. The van der Waals surface area contributed by atoms with E-state index >= 15 is 0 Å². The average molecular weight is 270 g/mol. The van der Waals surface area contributed by atoms with Gasteiger partial charge in [0.2, 0.25) is 15.9 Å². The smallest absolute Gasteiger partial charge is 0.240 e. The Bertz CT molecular complexity index is 580. The van der Waals surface area contributed by atoms with Crippen LogP contribution in [0.3, 0.4) is 0 Å². The van der Waals surface area contributed by atoms with Crippen LogP contribution >= 0.6 is 0 Å². The number of amides is 1. The number of aromatic nitrogens is 1. The molecule has 2 aliphatic rings. The summed E-state index contributed by atoms with van der Waals surface area (Å²) in [4.78, 5) is 11.9. The molecule has 6 nitrogen and oxygen atoms in total. The van der Waals surface area contributed by atoms with Crippen LogP contribution in [0, 0.1) is 17.3 Å². The summed E-state index contributed by atoms with van der Waals surface area (Å²) in [6.45, 7) is 2.09. The third kappa shape index (κ3) is 1.73. The Labute approximate surface area is 105 Å². The molecule has 7 heteroatoms. The van der Waals surface area contributed by atoms with Gasteiger partial charge in [0.1, 0.15) is 17.7 Å². The Balaban J connectivity index is 1.64. The lowest BCUT2D eigenvalue weighted by Crippen LogP contribution is -2.43. The quantitative estimate of drug-likeness (QED) is 0.868. The molecular weight excluding hydrogens is 256 g/mol. The van der Waals surface area contributed by atoms with Crippen molar-refractivity contribution in [3.63, 3.8) is 0 Å². The van der Waals surface area contributed by atoms with Crippen LogP contribution in [0.25, 0.3) is 0 Å². The Morgan fingerprint density at radius 3 is 2.89 bits per heavy atom. The standard InChI is InChI=1S/C11H14N2O4S/c1-7-4-11(5-9(7)11)10(14)13-18(15,16)6-8-2-3-17-12-8/h2-3,7,9H,4-6H2,1H3,(H,13,14)/t7-,9+,11-/m1/s1. The van der Waals surface area contributed by atoms with Gasteiger partial charge in [-0.3, -0.25) is 9.52 Å². The van der Waals surface area contributed by atoms with Crippen LogP contribution in [-0.2, 0) is 20.6 Å². The number of hydrogen-bond donors (Lipinski definition) is 1. The lowest BCUT2D eigenvalue weighted by atomic mass is 9.75. The molecular formula is C11H14N2O4S. The number of carbonyl (C=O) groups is 1. The fourth-order valence-electron chi connectivity index (χ4n) is 3.01. The van der Waals surface area contributed by atoms with E-state index in [0.29, 0.717) is 17.5 Å². The number of fused-ring (bicyclic) bond motifs is 1. The van der Waals surface area contributed by atoms with Crippen molar-refractivity contribution in [2.45, 2.75) is 25.5 Å². The van der Waals surface area contributed by atoms with Gasteiger partial charge < -0.3 is 4.52 Å². The Kier molecular flexibility index (Phi) is 2.32. The van der Waals surface area contributed by atoms with Crippen LogP contribution in [0.5, 0.6) is 0 Å². The maximum Gasteiger partial charge on any atom is 0.240 e. The van der Waals surface area contributed by atoms with E-state index in [1.165, 1.54) is 12.3 Å². The highest BCUT2D eigenvalue weighted by Crippen LogP contribution is 2.70. The minimum atomic E-state index is -3.68. The van der Waals surface area contributed by atoms with Gasteiger partial charge in [0.15, 0.2) is 0 Å². The minimum Gasteiger partial charge on any atom is -0.364 e. The van der Waals surface area contributed by atoms with Crippen molar-refractivity contribution >= 4 is 15.9 Å². The van der Waals surface area contributed by atoms with Gasteiger partial charge in [-0.05, 0) is 24.7 Å². The van der Waals surface area contributed by atoms with Crippen molar-refractivity contribution < 1.29 is 17.7 Å². The van der Waals surface area contributed by atoms with Crippen LogP contribution in [0.15, 0.2) is 16.9 Å². The fourth-order valence-corrected chi connectivity index (χ4v) is 4.11. The maximum atomic E-state index is 11.9. The Morgan fingerprint density at radius 1 is 1.61 bits per heavy atom. The van der Waals surface area contributed by atoms with Gasteiger partial charge in [-0.15, -0.1) is 0 Å². The molecule has 1 aromatic rings. The largest absolute Gasteiger partial charge is 0.364 e. The third-order valence-electron chi connectivity index (χ3n) is 4.04. The summed E-state index contributed by atoms with van der Waals surface area (Å²) >= 11 is 0. The second-order valence-corrected chi connectivity index (χ2v) is 7.05. The molecule has 2 saturated carbocycles. The summed E-state index contributed by atoms with van der Waals surface area (Å²) in [7, 11) is -3.68. The Hall–Kier alpha value is -1.37. The number of nitrogens with zero attached hydrogens (tertiary/aromatic N) is 1. The monoisotopic (exact) mass is 270 g/mol. The van der Waals surface area contributed by atoms with Gasteiger partial charge in [0, 0.05) is 6.07 Å². The normalized spacial score (nSPS) is 33.4. The van der Waals surface area contributed by atoms with Crippen LogP contribution in [0.1, 0.15) is 25.5 Å². The fraction of sp³-hybridized carbons (Fsp3) is 0.636. The lowest BCUT2D eigenvalue weighted by molar-refractivity contribution is -0.128. The van der Waals surface area contributed by atoms with E-state index in [1.54, 1.807) is 0 Å². The molecule has 3 rings (SSSR count). The Morgan fingerprint density at radius 2 is 2.39 bits per heavy atom. The summed E-state index contributed by atoms with van der Waals surface area (Å²) in [5, 5.41) is 3.52. The molecule has 0 saturated heterocycles. The van der Waals surface area contributed by atoms with Gasteiger partial charge in [-0.1, -0.05) is 12.1 Å². The topological polar surface area (TPSA) is 89.3 Å². The van der Waals surface area contributed by atoms with Crippen molar-refractivity contribution in [2.75, 3.05) is 0 Å². The first-order chi connectivity index (χ1) is 8.43. The molecule has 0 spiro atoms. The summed E-state index contributed by atoms with van der Waals surface area (Å²) in [5.74, 6) is 0.230. The van der Waals surface area contributed by atoms with E-state index in [2.05, 4.69) is 21.3 Å². The molecule has 3 atom stereocenters. The summed E-state index contributed by atoms with van der Waals surface area (Å²) < 4.78 is 30.3. The molecule has 2 aliphatic carbocycles. The number of sulfonamides is 1. The van der Waals surface area contributed by atoms with Crippen LogP contribution in [0.2, 0.25) is 0 Å². The highest BCUT2D eigenvalue weighted by molar-refractivity contribution is 7.89. The molecule has 1 heterocycles. The van der Waals surface area contributed by atoms with E-state index in [9.17, 15) is 13.2 Å². The first-order valence-corrected chi connectivity index (χ1v) is 7.52. The zero-order chi connectivity index (χ0) is 13.0. The molecule has 0 aliphatic heterocycles. The lowest BCUT2D eigenvalue weighted by Gasteiger charge is -2.30. The second-order valence-electron chi connectivity index (χ2n) is 5.33. The van der Waals surface area contributed by atoms with E-state index < -0.39 is 15.4 Å². The van der Waals surface area contributed by atoms with E-state index in [4.69, 9.17) is 0 Å². The predicted molar refractivity (Wildman–Crippen MR) is 61.6 cm³/mol. The predicted octanol–water partition coefficient (Wildman–Crippen LogP) is 0.667. The van der Waals surface area contributed by atoms with Crippen LogP contribution in [0.4, 0.5) is 0 Å².